The van der Waals surface area contributed by atoms with Crippen LogP contribution >= 0.6 is 11.8 Å². The Hall–Kier alpha value is -3.34. The summed E-state index contributed by atoms with van der Waals surface area (Å²) >= 11 is 1.52. The first-order chi connectivity index (χ1) is 18.3. The summed E-state index contributed by atoms with van der Waals surface area (Å²) in [6.45, 7) is 7.21. The molecule has 0 spiro atoms. The van der Waals surface area contributed by atoms with Gasteiger partial charge in [0, 0.05) is 34.8 Å². The Bertz CT molecular complexity index is 1290. The van der Waals surface area contributed by atoms with Crippen LogP contribution in [0.2, 0.25) is 0 Å². The van der Waals surface area contributed by atoms with Crippen molar-refractivity contribution in [3.8, 4) is 0 Å². The molecule has 0 radical (unpaired) electrons. The second-order valence-electron chi connectivity index (χ2n) is 10.3. The minimum absolute atomic E-state index is 0.0110. The maximum absolute atomic E-state index is 11.7. The van der Waals surface area contributed by atoms with Crippen LogP contribution in [0.15, 0.2) is 75.9 Å². The van der Waals surface area contributed by atoms with E-state index in [-0.39, 0.29) is 12.1 Å². The molecule has 2 atom stereocenters. The second-order valence-corrected chi connectivity index (χ2v) is 11.4. The number of aliphatic imine (C=N–C) groups is 1. The van der Waals surface area contributed by atoms with Gasteiger partial charge in [-0.2, -0.15) is 5.10 Å². The molecule has 2 aromatic rings. The number of likely N-dealkylation sites (tertiary alicyclic amines) is 1. The Morgan fingerprint density at radius 3 is 2.76 bits per heavy atom. The number of aromatic amines is 1. The zero-order valence-corrected chi connectivity index (χ0v) is 22.9. The van der Waals surface area contributed by atoms with Crippen molar-refractivity contribution < 1.29 is 14.8 Å². The van der Waals surface area contributed by atoms with Gasteiger partial charge in [0.1, 0.15) is 25.1 Å². The van der Waals surface area contributed by atoms with Crippen LogP contribution in [0.1, 0.15) is 38.8 Å². The predicted octanol–water partition coefficient (Wildman–Crippen LogP) is 2.94. The number of amides is 1. The summed E-state index contributed by atoms with van der Waals surface area (Å²) in [5.41, 5.74) is 1.95. The number of carbonyl (C=O) groups excluding carboxylic acids is 1. The Morgan fingerprint density at radius 1 is 1.26 bits per heavy atom. The van der Waals surface area contributed by atoms with E-state index in [1.807, 2.05) is 44.2 Å². The second kappa shape index (κ2) is 11.2. The number of nitrogens with zero attached hydrogens (tertiary/aromatic N) is 2. The third kappa shape index (κ3) is 6.20. The molecule has 5 rings (SSSR count). The van der Waals surface area contributed by atoms with Gasteiger partial charge in [-0.3, -0.25) is 20.1 Å². The highest BCUT2D eigenvalue weighted by atomic mass is 32.2. The summed E-state index contributed by atoms with van der Waals surface area (Å²) in [5, 5.41) is 29.1. The average Bonchev–Trinajstić information content (AvgIpc) is 3.15. The molecule has 1 amide bonds. The first-order valence-corrected chi connectivity index (χ1v) is 14.0. The number of anilines is 2. The van der Waals surface area contributed by atoms with Gasteiger partial charge in [0.25, 0.3) is 0 Å². The van der Waals surface area contributed by atoms with E-state index in [4.69, 9.17) is 4.99 Å². The van der Waals surface area contributed by atoms with E-state index in [1.54, 1.807) is 0 Å². The number of aryl methyl sites for hydroxylation is 1. The number of aromatic nitrogens is 2. The molecule has 3 aliphatic rings. The van der Waals surface area contributed by atoms with Crippen LogP contribution in [0, 0.1) is 12.8 Å². The van der Waals surface area contributed by atoms with Gasteiger partial charge in [0.15, 0.2) is 10.8 Å². The van der Waals surface area contributed by atoms with Gasteiger partial charge in [0.2, 0.25) is 11.7 Å². The Morgan fingerprint density at radius 2 is 2.05 bits per heavy atom. The molecule has 1 fully saturated rings. The zero-order valence-electron chi connectivity index (χ0n) is 22.0. The summed E-state index contributed by atoms with van der Waals surface area (Å²) in [7, 11) is 0. The zero-order chi connectivity index (χ0) is 26.7. The summed E-state index contributed by atoms with van der Waals surface area (Å²) < 4.78 is 0. The largest absolute Gasteiger partial charge is 0.375 e. The van der Waals surface area contributed by atoms with E-state index >= 15 is 0 Å². The lowest BCUT2D eigenvalue weighted by Crippen LogP contribution is -3.23. The number of rotatable bonds is 7. The van der Waals surface area contributed by atoms with Crippen molar-refractivity contribution in [2.24, 2.45) is 10.9 Å². The number of benzene rings is 1. The summed E-state index contributed by atoms with van der Waals surface area (Å²) in [6, 6.07) is 9.68. The van der Waals surface area contributed by atoms with Gasteiger partial charge in [0.05, 0.1) is 0 Å². The molecule has 6 N–H and O–H groups in total. The maximum atomic E-state index is 11.7. The average molecular weight is 535 g/mol. The Kier molecular flexibility index (Phi) is 7.73. The van der Waals surface area contributed by atoms with Crippen LogP contribution in [0.4, 0.5) is 11.5 Å². The molecule has 10 heteroatoms. The van der Waals surface area contributed by atoms with Crippen molar-refractivity contribution in [2.75, 3.05) is 23.7 Å². The summed E-state index contributed by atoms with van der Waals surface area (Å²) in [5.74, 6) is 2.30. The van der Waals surface area contributed by atoms with E-state index in [0.29, 0.717) is 25.4 Å². The van der Waals surface area contributed by atoms with Gasteiger partial charge in [-0.25, -0.2) is 4.99 Å². The lowest BCUT2D eigenvalue weighted by molar-refractivity contribution is -0.924. The lowest BCUT2D eigenvalue weighted by Gasteiger charge is -2.44. The topological polar surface area (TPSA) is 119 Å². The van der Waals surface area contributed by atoms with E-state index in [9.17, 15) is 9.90 Å². The van der Waals surface area contributed by atoms with Crippen LogP contribution < -0.4 is 20.9 Å². The molecule has 9 nitrogen and oxygen atoms in total. The predicted molar refractivity (Wildman–Crippen MR) is 152 cm³/mol. The smallest absolute Gasteiger partial charge is 0.224 e. The molecule has 38 heavy (non-hydrogen) atoms. The van der Waals surface area contributed by atoms with Gasteiger partial charge in [-0.05, 0) is 55.5 Å². The van der Waals surface area contributed by atoms with E-state index in [0.717, 1.165) is 51.5 Å². The van der Waals surface area contributed by atoms with Crippen LogP contribution in [0.5, 0.6) is 0 Å². The minimum Gasteiger partial charge on any atom is -0.375 e. The lowest BCUT2D eigenvalue weighted by atomic mass is 9.85. The number of nitrogens with one attached hydrogen (secondary N) is 5. The number of allylic oxidation sites excluding steroid dienone is 2. The number of hydrogen-bond acceptors (Lipinski definition) is 7. The monoisotopic (exact) mass is 534 g/mol. The van der Waals surface area contributed by atoms with E-state index in [1.165, 1.54) is 16.7 Å². The Labute approximate surface area is 227 Å². The summed E-state index contributed by atoms with van der Waals surface area (Å²) in [6.07, 6.45) is 10.7. The minimum atomic E-state index is -0.818. The Balaban J connectivity index is 1.30. The van der Waals surface area contributed by atoms with Crippen LogP contribution in [-0.2, 0) is 4.79 Å². The molecule has 1 aromatic carbocycles. The molecule has 0 saturated carbocycles. The number of quaternary nitrogens is 1. The maximum Gasteiger partial charge on any atom is 0.224 e. The number of amidine groups is 1. The van der Waals surface area contributed by atoms with E-state index < -0.39 is 5.60 Å². The van der Waals surface area contributed by atoms with Gasteiger partial charge in [-0.1, -0.05) is 43.8 Å². The van der Waals surface area contributed by atoms with Gasteiger partial charge < -0.3 is 15.7 Å². The first-order valence-electron chi connectivity index (χ1n) is 13.2. The summed E-state index contributed by atoms with van der Waals surface area (Å²) in [4.78, 5) is 18.7. The van der Waals surface area contributed by atoms with Gasteiger partial charge >= 0.3 is 0 Å². The van der Waals surface area contributed by atoms with Crippen molar-refractivity contribution >= 4 is 34.3 Å². The fraction of sp³-hybridized carbons (Fsp3) is 0.393. The standard InChI is InChI=1S/C28H35N7O2S/c1-4-26(36)29-21-10-12-22(13-11-21)38-27-31-23(30-24-14-19(3)33-34-24)15-25(32-27)35-16-28(37,17-35)20-7-5-6-18(2)8-9-20/h5,7,9-15,18,23,37H,4,6,8,16-17H2,1-3H3,(H,29,36)(H,31,32)(H2,30,33,34)/p+1. The number of aliphatic hydroxyl groups is 1. The van der Waals surface area contributed by atoms with Crippen LogP contribution in [0.3, 0.4) is 0 Å². The SMILES string of the molecule is CCC(=O)Nc1ccc(SC2=NC(Nc3cc(C)[nH]n3)C=C([NH+]3CC(O)(C4=CCC(C)CC=C4)C3)N2)cc1. The number of carbonyl (C=O) groups is 1. The molecule has 0 bridgehead atoms. The quantitative estimate of drug-likeness (QED) is 0.325. The normalized spacial score (nSPS) is 26.7. The van der Waals surface area contributed by atoms with Crippen molar-refractivity contribution in [3.05, 3.63) is 71.7 Å². The number of hydrogen-bond donors (Lipinski definition) is 6. The first kappa shape index (κ1) is 26.3. The highest BCUT2D eigenvalue weighted by molar-refractivity contribution is 8.13. The molecule has 200 valence electrons. The highest BCUT2D eigenvalue weighted by Crippen LogP contribution is 2.27. The molecule has 2 unspecified atom stereocenters. The van der Waals surface area contributed by atoms with Crippen molar-refractivity contribution in [1.82, 2.24) is 15.5 Å². The number of thioether (sulfide) groups is 1. The molecule has 1 saturated heterocycles. The third-order valence-corrected chi connectivity index (χ3v) is 7.91. The fourth-order valence-electron chi connectivity index (χ4n) is 4.77. The highest BCUT2D eigenvalue weighted by Gasteiger charge is 2.50. The molecule has 1 aliphatic carbocycles. The van der Waals surface area contributed by atoms with Crippen molar-refractivity contribution in [3.63, 3.8) is 0 Å². The third-order valence-electron chi connectivity index (χ3n) is 7.00. The molecular formula is C28H36N7O2S+. The molecule has 2 aliphatic heterocycles. The van der Waals surface area contributed by atoms with Crippen molar-refractivity contribution in [2.45, 2.75) is 56.7 Å². The fourth-order valence-corrected chi connectivity index (χ4v) is 5.59. The molecular weight excluding hydrogens is 498 g/mol. The van der Waals surface area contributed by atoms with Gasteiger partial charge in [-0.15, -0.1) is 0 Å². The molecule has 3 heterocycles. The van der Waals surface area contributed by atoms with Crippen molar-refractivity contribution in [1.29, 1.82) is 0 Å². The van der Waals surface area contributed by atoms with Crippen LogP contribution in [0.25, 0.3) is 0 Å². The number of H-pyrrole nitrogens is 1. The van der Waals surface area contributed by atoms with E-state index in [2.05, 4.69) is 57.4 Å². The molecule has 1 aromatic heterocycles. The van der Waals surface area contributed by atoms with Crippen LogP contribution in [-0.4, -0.2) is 51.2 Å².